The molecule has 0 saturated carbocycles. The van der Waals surface area contributed by atoms with Gasteiger partial charge in [0.15, 0.2) is 0 Å². The van der Waals surface area contributed by atoms with Crippen molar-refractivity contribution in [3.05, 3.63) is 64.2 Å². The van der Waals surface area contributed by atoms with Crippen LogP contribution in [0.1, 0.15) is 40.4 Å². The molecule has 1 aliphatic heterocycles. The van der Waals surface area contributed by atoms with Crippen LogP contribution in [-0.2, 0) is 11.0 Å². The number of alkyl halides is 3. The van der Waals surface area contributed by atoms with E-state index >= 15 is 0 Å². The summed E-state index contributed by atoms with van der Waals surface area (Å²) in [6.07, 6.45) is -3.47. The van der Waals surface area contributed by atoms with Crippen molar-refractivity contribution < 1.29 is 27.5 Å². The average Bonchev–Trinajstić information content (AvgIpc) is 3.11. The van der Waals surface area contributed by atoms with E-state index in [1.165, 1.54) is 31.4 Å². The van der Waals surface area contributed by atoms with Crippen LogP contribution in [0, 0.1) is 0 Å². The lowest BCUT2D eigenvalue weighted by Crippen LogP contribution is -2.38. The van der Waals surface area contributed by atoms with Crippen LogP contribution in [0.2, 0.25) is 5.02 Å². The number of ether oxygens (including phenoxy) is 1. The van der Waals surface area contributed by atoms with Gasteiger partial charge < -0.3 is 15.0 Å². The molecule has 2 amide bonds. The maximum Gasteiger partial charge on any atom is 0.416 e. The van der Waals surface area contributed by atoms with Crippen LogP contribution in [0.15, 0.2) is 42.5 Å². The highest BCUT2D eigenvalue weighted by molar-refractivity contribution is 6.31. The highest BCUT2D eigenvalue weighted by atomic mass is 35.5. The fourth-order valence-electron chi connectivity index (χ4n) is 3.38. The average molecular weight is 441 g/mol. The van der Waals surface area contributed by atoms with Crippen molar-refractivity contribution in [3.63, 3.8) is 0 Å². The third kappa shape index (κ3) is 5.05. The first-order valence-electron chi connectivity index (χ1n) is 9.28. The summed E-state index contributed by atoms with van der Waals surface area (Å²) in [4.78, 5) is 26.5. The number of benzene rings is 2. The fourth-order valence-corrected chi connectivity index (χ4v) is 3.55. The molecule has 1 N–H and O–H groups in total. The van der Waals surface area contributed by atoms with Gasteiger partial charge in [0.2, 0.25) is 5.91 Å². The molecule has 3 rings (SSSR count). The van der Waals surface area contributed by atoms with E-state index in [1.807, 2.05) is 0 Å². The van der Waals surface area contributed by atoms with Crippen LogP contribution in [0.25, 0.3) is 0 Å². The van der Waals surface area contributed by atoms with Crippen molar-refractivity contribution in [3.8, 4) is 5.75 Å². The Hall–Kier alpha value is -2.74. The molecular formula is C21H20ClF3N2O3. The zero-order chi connectivity index (χ0) is 21.9. The largest absolute Gasteiger partial charge is 0.496 e. The molecule has 2 aromatic carbocycles. The summed E-state index contributed by atoms with van der Waals surface area (Å²) in [7, 11) is 1.40. The van der Waals surface area contributed by atoms with Gasteiger partial charge in [0.1, 0.15) is 5.75 Å². The van der Waals surface area contributed by atoms with Crippen molar-refractivity contribution >= 4 is 23.4 Å². The lowest BCUT2D eigenvalue weighted by atomic mass is 10.0. The predicted molar refractivity (Wildman–Crippen MR) is 105 cm³/mol. The highest BCUT2D eigenvalue weighted by Gasteiger charge is 2.32. The molecule has 5 nitrogen and oxygen atoms in total. The van der Waals surface area contributed by atoms with Crippen molar-refractivity contribution in [2.24, 2.45) is 0 Å². The van der Waals surface area contributed by atoms with Gasteiger partial charge in [-0.15, -0.1) is 0 Å². The highest BCUT2D eigenvalue weighted by Crippen LogP contribution is 2.31. The summed E-state index contributed by atoms with van der Waals surface area (Å²) in [6, 6.07) is 8.39. The maximum atomic E-state index is 13.2. The lowest BCUT2D eigenvalue weighted by molar-refractivity contribution is -0.137. The number of methoxy groups -OCH3 is 1. The van der Waals surface area contributed by atoms with Gasteiger partial charge in [-0.2, -0.15) is 13.2 Å². The molecule has 1 fully saturated rings. The quantitative estimate of drug-likeness (QED) is 0.721. The summed E-state index contributed by atoms with van der Waals surface area (Å²) in [5.41, 5.74) is -0.430. The molecule has 30 heavy (non-hydrogen) atoms. The van der Waals surface area contributed by atoms with E-state index in [0.29, 0.717) is 24.4 Å². The third-order valence-electron chi connectivity index (χ3n) is 4.90. The molecule has 1 aliphatic rings. The van der Waals surface area contributed by atoms with E-state index in [-0.39, 0.29) is 29.3 Å². The first kappa shape index (κ1) is 22.0. The number of halogens is 4. The second-order valence-corrected chi connectivity index (χ2v) is 7.37. The second-order valence-electron chi connectivity index (χ2n) is 6.94. The number of likely N-dealkylation sites (tertiary alicyclic amines) is 1. The number of carbonyl (C=O) groups excluding carboxylic acids is 2. The van der Waals surface area contributed by atoms with E-state index in [9.17, 15) is 22.8 Å². The Morgan fingerprint density at radius 2 is 2.03 bits per heavy atom. The van der Waals surface area contributed by atoms with E-state index < -0.39 is 23.7 Å². The fraction of sp³-hybridized carbons (Fsp3) is 0.333. The van der Waals surface area contributed by atoms with Crippen LogP contribution >= 0.6 is 11.6 Å². The molecule has 1 saturated heterocycles. The molecule has 1 atom stereocenters. The zero-order valence-corrected chi connectivity index (χ0v) is 16.9. The van der Waals surface area contributed by atoms with Gasteiger partial charge in [-0.05, 0) is 42.3 Å². The first-order valence-corrected chi connectivity index (χ1v) is 9.66. The number of rotatable bonds is 6. The lowest BCUT2D eigenvalue weighted by Gasteiger charge is -2.26. The predicted octanol–water partition coefficient (Wildman–Crippen LogP) is 4.46. The molecule has 0 radical (unpaired) electrons. The number of nitrogens with one attached hydrogen (secondary N) is 1. The molecule has 160 valence electrons. The van der Waals surface area contributed by atoms with Gasteiger partial charge in [0.25, 0.3) is 5.91 Å². The number of nitrogens with zero attached hydrogens (tertiary/aromatic N) is 1. The van der Waals surface area contributed by atoms with Crippen molar-refractivity contribution in [2.45, 2.75) is 25.1 Å². The minimum Gasteiger partial charge on any atom is -0.496 e. The van der Waals surface area contributed by atoms with Crippen LogP contribution in [0.3, 0.4) is 0 Å². The van der Waals surface area contributed by atoms with Gasteiger partial charge in [-0.3, -0.25) is 9.59 Å². The van der Waals surface area contributed by atoms with E-state index in [2.05, 4.69) is 5.32 Å². The van der Waals surface area contributed by atoms with Gasteiger partial charge in [-0.1, -0.05) is 23.7 Å². The summed E-state index contributed by atoms with van der Waals surface area (Å²) in [5.74, 6) is -0.387. The van der Waals surface area contributed by atoms with Crippen molar-refractivity contribution in [1.29, 1.82) is 0 Å². The maximum absolute atomic E-state index is 13.2. The molecule has 1 unspecified atom stereocenters. The Morgan fingerprint density at radius 3 is 2.67 bits per heavy atom. The number of hydrogen-bond donors (Lipinski definition) is 1. The van der Waals surface area contributed by atoms with E-state index in [4.69, 9.17) is 16.3 Å². The minimum absolute atomic E-state index is 0.0643. The van der Waals surface area contributed by atoms with Gasteiger partial charge in [0.05, 0.1) is 24.3 Å². The summed E-state index contributed by atoms with van der Waals surface area (Å²) in [6.45, 7) is 0.555. The van der Waals surface area contributed by atoms with Gasteiger partial charge in [-0.25, -0.2) is 0 Å². The van der Waals surface area contributed by atoms with E-state index in [0.717, 1.165) is 12.1 Å². The minimum atomic E-state index is -4.52. The summed E-state index contributed by atoms with van der Waals surface area (Å²) >= 11 is 5.99. The molecule has 9 heteroatoms. The van der Waals surface area contributed by atoms with Crippen molar-refractivity contribution in [1.82, 2.24) is 10.2 Å². The zero-order valence-electron chi connectivity index (χ0n) is 16.1. The normalized spacial score (nSPS) is 15.2. The molecule has 0 spiro atoms. The summed E-state index contributed by atoms with van der Waals surface area (Å²) in [5, 5.41) is 3.05. The van der Waals surface area contributed by atoms with Crippen LogP contribution in [0.5, 0.6) is 5.75 Å². The molecule has 0 bridgehead atoms. The molecule has 0 aliphatic carbocycles. The molecular weight excluding hydrogens is 421 g/mol. The van der Waals surface area contributed by atoms with Crippen LogP contribution in [0.4, 0.5) is 13.2 Å². The van der Waals surface area contributed by atoms with Gasteiger partial charge in [0, 0.05) is 24.5 Å². The summed E-state index contributed by atoms with van der Waals surface area (Å²) < 4.78 is 44.7. The Balaban J connectivity index is 1.93. The Morgan fingerprint density at radius 1 is 1.27 bits per heavy atom. The number of amides is 2. The monoisotopic (exact) mass is 440 g/mol. The van der Waals surface area contributed by atoms with E-state index in [1.54, 1.807) is 11.0 Å². The first-order chi connectivity index (χ1) is 14.2. The third-order valence-corrected chi connectivity index (χ3v) is 5.14. The molecule has 2 aromatic rings. The topological polar surface area (TPSA) is 58.6 Å². The Bertz CT molecular complexity index is 949. The van der Waals surface area contributed by atoms with Crippen molar-refractivity contribution in [2.75, 3.05) is 20.2 Å². The number of hydrogen-bond acceptors (Lipinski definition) is 3. The standard InChI is InChI=1S/C21H20ClF3N2O3/c1-30-18-8-7-15(22)11-16(18)20(29)26-17(12-27-9-3-6-19(27)28)13-4-2-5-14(10-13)21(23,24)25/h2,4-5,7-8,10-11,17H,3,6,9,12H2,1H3,(H,26,29). The SMILES string of the molecule is COc1ccc(Cl)cc1C(=O)NC(CN1CCCC1=O)c1cccc(C(F)(F)F)c1. The van der Waals surface area contributed by atoms with Crippen LogP contribution in [-0.4, -0.2) is 36.9 Å². The number of carbonyl (C=O) groups is 2. The molecule has 0 aromatic heterocycles. The van der Waals surface area contributed by atoms with Gasteiger partial charge >= 0.3 is 6.18 Å². The molecule has 1 heterocycles. The Kier molecular flexibility index (Phi) is 6.55. The van der Waals surface area contributed by atoms with Crippen LogP contribution < -0.4 is 10.1 Å². The smallest absolute Gasteiger partial charge is 0.416 e. The Labute approximate surface area is 176 Å². The second kappa shape index (κ2) is 8.95.